The molecular weight excluding hydrogens is 272 g/mol. The summed E-state index contributed by atoms with van der Waals surface area (Å²) in [5, 5.41) is 10.5. The van der Waals surface area contributed by atoms with Crippen LogP contribution < -0.4 is 0 Å². The van der Waals surface area contributed by atoms with Crippen LogP contribution in [0.25, 0.3) is 0 Å². The van der Waals surface area contributed by atoms with E-state index < -0.39 is 24.0 Å². The molecule has 21 heavy (non-hydrogen) atoms. The SMILES string of the molecule is CCOC(=O)C(C(=O)OCC)C(O)c1cc(C)ccc1C. The fourth-order valence-corrected chi connectivity index (χ4v) is 2.08. The molecule has 0 spiro atoms. The summed E-state index contributed by atoms with van der Waals surface area (Å²) in [6.07, 6.45) is -1.29. The van der Waals surface area contributed by atoms with Crippen LogP contribution in [0, 0.1) is 19.8 Å². The third-order valence-electron chi connectivity index (χ3n) is 3.15. The van der Waals surface area contributed by atoms with E-state index in [-0.39, 0.29) is 13.2 Å². The lowest BCUT2D eigenvalue weighted by Gasteiger charge is -2.21. The summed E-state index contributed by atoms with van der Waals surface area (Å²) in [6.45, 7) is 7.24. The average Bonchev–Trinajstić information content (AvgIpc) is 2.42. The number of ether oxygens (including phenoxy) is 2. The Hall–Kier alpha value is -1.88. The van der Waals surface area contributed by atoms with Crippen molar-refractivity contribution in [3.63, 3.8) is 0 Å². The van der Waals surface area contributed by atoms with Crippen LogP contribution in [0.2, 0.25) is 0 Å². The number of carbonyl (C=O) groups is 2. The van der Waals surface area contributed by atoms with Crippen molar-refractivity contribution in [1.82, 2.24) is 0 Å². The van der Waals surface area contributed by atoms with E-state index in [0.717, 1.165) is 11.1 Å². The van der Waals surface area contributed by atoms with Gasteiger partial charge in [-0.3, -0.25) is 9.59 Å². The number of esters is 2. The van der Waals surface area contributed by atoms with Gasteiger partial charge in [0, 0.05) is 0 Å². The third-order valence-corrected chi connectivity index (χ3v) is 3.15. The monoisotopic (exact) mass is 294 g/mol. The molecule has 0 radical (unpaired) electrons. The molecule has 0 amide bonds. The summed E-state index contributed by atoms with van der Waals surface area (Å²) in [5.41, 5.74) is 2.26. The van der Waals surface area contributed by atoms with E-state index in [1.54, 1.807) is 19.9 Å². The molecule has 0 aliphatic carbocycles. The Morgan fingerprint density at radius 2 is 1.62 bits per heavy atom. The van der Waals surface area contributed by atoms with Gasteiger partial charge in [-0.05, 0) is 38.8 Å². The number of benzene rings is 1. The molecule has 5 nitrogen and oxygen atoms in total. The van der Waals surface area contributed by atoms with Gasteiger partial charge in [-0.15, -0.1) is 0 Å². The zero-order valence-corrected chi connectivity index (χ0v) is 12.9. The maximum absolute atomic E-state index is 12.0. The van der Waals surface area contributed by atoms with E-state index in [4.69, 9.17) is 9.47 Å². The van der Waals surface area contributed by atoms with Crippen molar-refractivity contribution in [2.45, 2.75) is 33.8 Å². The van der Waals surface area contributed by atoms with Crippen LogP contribution in [0.3, 0.4) is 0 Å². The second kappa shape index (κ2) is 7.78. The van der Waals surface area contributed by atoms with Crippen LogP contribution in [-0.4, -0.2) is 30.3 Å². The van der Waals surface area contributed by atoms with Crippen molar-refractivity contribution in [2.75, 3.05) is 13.2 Å². The molecule has 1 atom stereocenters. The number of hydrogen-bond donors (Lipinski definition) is 1. The summed E-state index contributed by atoms with van der Waals surface area (Å²) >= 11 is 0. The minimum Gasteiger partial charge on any atom is -0.465 e. The molecule has 0 aliphatic heterocycles. The third kappa shape index (κ3) is 4.29. The molecule has 1 N–H and O–H groups in total. The van der Waals surface area contributed by atoms with Crippen LogP contribution in [0.1, 0.15) is 36.6 Å². The standard InChI is InChI=1S/C16H22O5/c1-5-20-15(18)13(16(19)21-6-2)14(17)12-9-10(3)7-8-11(12)4/h7-9,13-14,17H,5-6H2,1-4H3. The fraction of sp³-hybridized carbons (Fsp3) is 0.500. The highest BCUT2D eigenvalue weighted by Gasteiger charge is 2.38. The molecule has 0 saturated heterocycles. The molecule has 0 fully saturated rings. The molecule has 1 aromatic carbocycles. The number of aliphatic hydroxyl groups excluding tert-OH is 1. The van der Waals surface area contributed by atoms with Gasteiger partial charge in [-0.25, -0.2) is 0 Å². The second-order valence-electron chi connectivity index (χ2n) is 4.79. The van der Waals surface area contributed by atoms with Gasteiger partial charge in [0.2, 0.25) is 0 Å². The van der Waals surface area contributed by atoms with Crippen LogP contribution >= 0.6 is 0 Å². The number of carbonyl (C=O) groups excluding carboxylic acids is 2. The van der Waals surface area contributed by atoms with Crippen LogP contribution in [0.4, 0.5) is 0 Å². The summed E-state index contributed by atoms with van der Waals surface area (Å²) in [7, 11) is 0. The first-order chi connectivity index (χ1) is 9.92. The Morgan fingerprint density at radius 1 is 1.10 bits per heavy atom. The summed E-state index contributed by atoms with van der Waals surface area (Å²) in [5.74, 6) is -2.92. The fourth-order valence-electron chi connectivity index (χ4n) is 2.08. The predicted octanol–water partition coefficient (Wildman–Crippen LogP) is 2.08. The number of hydrogen-bond acceptors (Lipinski definition) is 5. The first-order valence-electron chi connectivity index (χ1n) is 7.00. The molecule has 1 aromatic rings. The smallest absolute Gasteiger partial charge is 0.323 e. The van der Waals surface area contributed by atoms with Gasteiger partial charge < -0.3 is 14.6 Å². The van der Waals surface area contributed by atoms with Crippen LogP contribution in [-0.2, 0) is 19.1 Å². The minimum atomic E-state index is -1.37. The van der Waals surface area contributed by atoms with E-state index in [1.807, 2.05) is 26.0 Å². The Bertz CT molecular complexity index is 491. The molecule has 1 rings (SSSR count). The highest BCUT2D eigenvalue weighted by molar-refractivity contribution is 5.95. The van der Waals surface area contributed by atoms with Crippen LogP contribution in [0.5, 0.6) is 0 Å². The topological polar surface area (TPSA) is 72.8 Å². The van der Waals surface area contributed by atoms with E-state index in [2.05, 4.69) is 0 Å². The molecule has 0 bridgehead atoms. The Morgan fingerprint density at radius 3 is 2.10 bits per heavy atom. The first kappa shape index (κ1) is 17.2. The van der Waals surface area contributed by atoms with Gasteiger partial charge in [0.1, 0.15) is 6.10 Å². The lowest BCUT2D eigenvalue weighted by Crippen LogP contribution is -2.33. The molecule has 0 aromatic heterocycles. The molecule has 1 unspecified atom stereocenters. The zero-order chi connectivity index (χ0) is 16.0. The van der Waals surface area contributed by atoms with Crippen molar-refractivity contribution in [3.05, 3.63) is 34.9 Å². The quantitative estimate of drug-likeness (QED) is 0.642. The van der Waals surface area contributed by atoms with Gasteiger partial charge in [-0.1, -0.05) is 23.8 Å². The predicted molar refractivity (Wildman–Crippen MR) is 77.6 cm³/mol. The molecule has 0 aliphatic rings. The summed E-state index contributed by atoms with van der Waals surface area (Å²) in [4.78, 5) is 24.0. The zero-order valence-electron chi connectivity index (χ0n) is 12.9. The van der Waals surface area contributed by atoms with Gasteiger partial charge >= 0.3 is 11.9 Å². The van der Waals surface area contributed by atoms with Gasteiger partial charge in [0.05, 0.1) is 13.2 Å². The van der Waals surface area contributed by atoms with Crippen molar-refractivity contribution in [1.29, 1.82) is 0 Å². The molecule has 5 heteroatoms. The maximum atomic E-state index is 12.0. The average molecular weight is 294 g/mol. The van der Waals surface area contributed by atoms with E-state index in [9.17, 15) is 14.7 Å². The molecular formula is C16H22O5. The Balaban J connectivity index is 3.14. The number of aryl methyl sites for hydroxylation is 2. The van der Waals surface area contributed by atoms with Crippen LogP contribution in [0.15, 0.2) is 18.2 Å². The summed E-state index contributed by atoms with van der Waals surface area (Å²) < 4.78 is 9.77. The molecule has 116 valence electrons. The highest BCUT2D eigenvalue weighted by atomic mass is 16.6. The molecule has 0 saturated carbocycles. The minimum absolute atomic E-state index is 0.133. The van der Waals surface area contributed by atoms with Gasteiger partial charge in [-0.2, -0.15) is 0 Å². The van der Waals surface area contributed by atoms with E-state index in [1.165, 1.54) is 0 Å². The number of rotatable bonds is 6. The normalized spacial score (nSPS) is 12.1. The summed E-state index contributed by atoms with van der Waals surface area (Å²) in [6, 6.07) is 5.49. The van der Waals surface area contributed by atoms with Crippen molar-refractivity contribution in [2.24, 2.45) is 5.92 Å². The van der Waals surface area contributed by atoms with E-state index in [0.29, 0.717) is 5.56 Å². The number of aliphatic hydroxyl groups is 1. The lowest BCUT2D eigenvalue weighted by molar-refractivity contribution is -0.167. The lowest BCUT2D eigenvalue weighted by atomic mass is 9.91. The van der Waals surface area contributed by atoms with E-state index >= 15 is 0 Å². The first-order valence-corrected chi connectivity index (χ1v) is 7.00. The highest BCUT2D eigenvalue weighted by Crippen LogP contribution is 2.28. The second-order valence-corrected chi connectivity index (χ2v) is 4.79. The van der Waals surface area contributed by atoms with Crippen molar-refractivity contribution >= 4 is 11.9 Å². The van der Waals surface area contributed by atoms with Gasteiger partial charge in [0.15, 0.2) is 5.92 Å². The van der Waals surface area contributed by atoms with Crippen molar-refractivity contribution in [3.8, 4) is 0 Å². The maximum Gasteiger partial charge on any atom is 0.323 e. The van der Waals surface area contributed by atoms with Gasteiger partial charge in [0.25, 0.3) is 0 Å². The van der Waals surface area contributed by atoms with Crippen molar-refractivity contribution < 1.29 is 24.2 Å². The molecule has 0 heterocycles. The Labute approximate surface area is 124 Å². The Kier molecular flexibility index (Phi) is 6.37. The largest absolute Gasteiger partial charge is 0.465 e.